The highest BCUT2D eigenvalue weighted by Gasteiger charge is 2.39. The number of amides is 1. The molecule has 0 bridgehead atoms. The lowest BCUT2D eigenvalue weighted by molar-refractivity contribution is -0.132. The smallest absolute Gasteiger partial charge is 0.261 e. The fraction of sp³-hybridized carbons (Fsp3) is 0.875. The largest absolute Gasteiger partial charge is 0.301 e. The Morgan fingerprint density at radius 3 is 2.85 bits per heavy atom. The summed E-state index contributed by atoms with van der Waals surface area (Å²) in [4.78, 5) is 11.3. The van der Waals surface area contributed by atoms with Crippen molar-refractivity contribution in [2.75, 3.05) is 5.75 Å². The molecule has 2 unspecified atom stereocenters. The van der Waals surface area contributed by atoms with Crippen LogP contribution in [0.1, 0.15) is 20.8 Å². The van der Waals surface area contributed by atoms with E-state index >= 15 is 0 Å². The standard InChI is InChI=1S/C8H16N2O2S/c1-5-4-13-8(2,3)6(9-5)7(11)10-12/h5-6,9,12H,4H2,1-3H3,(H,10,11). The maximum atomic E-state index is 11.3. The van der Waals surface area contributed by atoms with Crippen LogP contribution in [0.3, 0.4) is 0 Å². The molecule has 1 fully saturated rings. The minimum atomic E-state index is -0.357. The zero-order chi connectivity index (χ0) is 10.1. The molecule has 0 saturated carbocycles. The van der Waals surface area contributed by atoms with Gasteiger partial charge >= 0.3 is 0 Å². The van der Waals surface area contributed by atoms with Gasteiger partial charge in [0, 0.05) is 16.5 Å². The van der Waals surface area contributed by atoms with Crippen molar-refractivity contribution < 1.29 is 10.0 Å². The van der Waals surface area contributed by atoms with E-state index in [1.54, 1.807) is 17.2 Å². The van der Waals surface area contributed by atoms with Crippen LogP contribution in [0.25, 0.3) is 0 Å². The van der Waals surface area contributed by atoms with Crippen LogP contribution in [0.15, 0.2) is 0 Å². The molecule has 4 nitrogen and oxygen atoms in total. The fourth-order valence-corrected chi connectivity index (χ4v) is 2.53. The Bertz CT molecular complexity index is 208. The van der Waals surface area contributed by atoms with Gasteiger partial charge in [-0.25, -0.2) is 5.48 Å². The number of carbonyl (C=O) groups is 1. The van der Waals surface area contributed by atoms with Gasteiger partial charge < -0.3 is 5.32 Å². The third-order valence-electron chi connectivity index (χ3n) is 2.22. The summed E-state index contributed by atoms with van der Waals surface area (Å²) in [6.07, 6.45) is 0. The van der Waals surface area contributed by atoms with Gasteiger partial charge in [0.05, 0.1) is 0 Å². The predicted molar refractivity (Wildman–Crippen MR) is 52.9 cm³/mol. The second-order valence-electron chi connectivity index (χ2n) is 3.89. The molecular formula is C8H16N2O2S. The van der Waals surface area contributed by atoms with Gasteiger partial charge in [-0.15, -0.1) is 0 Å². The highest BCUT2D eigenvalue weighted by atomic mass is 32.2. The first-order valence-electron chi connectivity index (χ1n) is 4.31. The first-order valence-corrected chi connectivity index (χ1v) is 5.30. The lowest BCUT2D eigenvalue weighted by Crippen LogP contribution is -2.60. The highest BCUT2D eigenvalue weighted by Crippen LogP contribution is 2.32. The SMILES string of the molecule is CC1CSC(C)(C)C(C(=O)NO)N1. The Hall–Kier alpha value is -0.260. The van der Waals surface area contributed by atoms with E-state index < -0.39 is 0 Å². The van der Waals surface area contributed by atoms with Crippen molar-refractivity contribution in [1.82, 2.24) is 10.8 Å². The zero-order valence-corrected chi connectivity index (χ0v) is 8.94. The Balaban J connectivity index is 2.72. The van der Waals surface area contributed by atoms with Gasteiger partial charge in [0.2, 0.25) is 0 Å². The second kappa shape index (κ2) is 3.86. The molecular weight excluding hydrogens is 188 g/mol. The molecule has 76 valence electrons. The molecule has 0 spiro atoms. The van der Waals surface area contributed by atoms with Crippen LogP contribution in [-0.2, 0) is 4.79 Å². The number of nitrogens with one attached hydrogen (secondary N) is 2. The molecule has 13 heavy (non-hydrogen) atoms. The molecule has 1 aliphatic rings. The topological polar surface area (TPSA) is 61.4 Å². The first-order chi connectivity index (χ1) is 5.97. The summed E-state index contributed by atoms with van der Waals surface area (Å²) >= 11 is 1.75. The average molecular weight is 204 g/mol. The Morgan fingerprint density at radius 1 is 1.69 bits per heavy atom. The summed E-state index contributed by atoms with van der Waals surface area (Å²) in [7, 11) is 0. The van der Waals surface area contributed by atoms with Crippen molar-refractivity contribution in [3.05, 3.63) is 0 Å². The van der Waals surface area contributed by atoms with Crippen LogP contribution in [0.4, 0.5) is 0 Å². The third-order valence-corrected chi connectivity index (χ3v) is 3.87. The van der Waals surface area contributed by atoms with Crippen LogP contribution >= 0.6 is 11.8 Å². The third kappa shape index (κ3) is 2.36. The molecule has 1 saturated heterocycles. The van der Waals surface area contributed by atoms with Crippen LogP contribution in [0.2, 0.25) is 0 Å². The van der Waals surface area contributed by atoms with Crippen LogP contribution in [0, 0.1) is 0 Å². The number of thioether (sulfide) groups is 1. The molecule has 0 aromatic heterocycles. The van der Waals surface area contributed by atoms with E-state index in [1.165, 1.54) is 0 Å². The molecule has 3 N–H and O–H groups in total. The van der Waals surface area contributed by atoms with Gasteiger partial charge in [-0.05, 0) is 20.8 Å². The van der Waals surface area contributed by atoms with E-state index in [4.69, 9.17) is 5.21 Å². The minimum absolute atomic E-state index is 0.167. The number of carbonyl (C=O) groups excluding carboxylic acids is 1. The number of rotatable bonds is 1. The molecule has 1 heterocycles. The molecule has 5 heteroatoms. The van der Waals surface area contributed by atoms with Gasteiger partial charge in [0.1, 0.15) is 6.04 Å². The van der Waals surface area contributed by atoms with E-state index in [0.717, 1.165) is 5.75 Å². The van der Waals surface area contributed by atoms with Crippen molar-refractivity contribution in [3.8, 4) is 0 Å². The van der Waals surface area contributed by atoms with E-state index in [-0.39, 0.29) is 16.7 Å². The molecule has 1 rings (SSSR count). The summed E-state index contributed by atoms with van der Waals surface area (Å²) in [5, 5.41) is 11.7. The van der Waals surface area contributed by atoms with E-state index in [9.17, 15) is 4.79 Å². The van der Waals surface area contributed by atoms with Gasteiger partial charge in [0.25, 0.3) is 5.91 Å². The summed E-state index contributed by atoms with van der Waals surface area (Å²) in [5.74, 6) is 0.631. The Kier molecular flexibility index (Phi) is 3.21. The van der Waals surface area contributed by atoms with Gasteiger partial charge in [-0.1, -0.05) is 0 Å². The molecule has 0 aromatic carbocycles. The van der Waals surface area contributed by atoms with Crippen molar-refractivity contribution in [2.24, 2.45) is 0 Å². The van der Waals surface area contributed by atoms with Gasteiger partial charge in [-0.2, -0.15) is 11.8 Å². The first kappa shape index (κ1) is 10.8. The summed E-state index contributed by atoms with van der Waals surface area (Å²) in [5.41, 5.74) is 1.70. The lowest BCUT2D eigenvalue weighted by atomic mass is 10.0. The number of hydrogen-bond donors (Lipinski definition) is 3. The molecule has 1 amide bonds. The maximum Gasteiger partial charge on any atom is 0.261 e. The molecule has 1 aliphatic heterocycles. The van der Waals surface area contributed by atoms with Gasteiger partial charge in [0.15, 0.2) is 0 Å². The van der Waals surface area contributed by atoms with E-state index in [0.29, 0.717) is 6.04 Å². The second-order valence-corrected chi connectivity index (χ2v) is 5.57. The van der Waals surface area contributed by atoms with E-state index in [1.807, 2.05) is 20.8 Å². The Morgan fingerprint density at radius 2 is 2.31 bits per heavy atom. The average Bonchev–Trinajstić information content (AvgIpc) is 2.08. The van der Waals surface area contributed by atoms with Crippen LogP contribution in [-0.4, -0.2) is 33.7 Å². The summed E-state index contributed by atoms with van der Waals surface area (Å²) in [6.45, 7) is 6.02. The molecule has 2 atom stereocenters. The Labute approximate surface area is 82.4 Å². The molecule has 0 radical (unpaired) electrons. The van der Waals surface area contributed by atoms with Crippen molar-refractivity contribution >= 4 is 17.7 Å². The predicted octanol–water partition coefficient (Wildman–Crippen LogP) is 0.364. The zero-order valence-electron chi connectivity index (χ0n) is 8.13. The fourth-order valence-electron chi connectivity index (χ4n) is 1.41. The molecule has 0 aromatic rings. The number of hydroxylamine groups is 1. The molecule has 0 aliphatic carbocycles. The minimum Gasteiger partial charge on any atom is -0.301 e. The summed E-state index contributed by atoms with van der Waals surface area (Å²) in [6, 6.07) is -0.0217. The van der Waals surface area contributed by atoms with Crippen molar-refractivity contribution in [3.63, 3.8) is 0 Å². The van der Waals surface area contributed by atoms with Crippen molar-refractivity contribution in [2.45, 2.75) is 37.6 Å². The highest BCUT2D eigenvalue weighted by molar-refractivity contribution is 8.00. The van der Waals surface area contributed by atoms with Crippen LogP contribution < -0.4 is 10.8 Å². The number of hydrogen-bond acceptors (Lipinski definition) is 4. The normalized spacial score (nSPS) is 32.6. The van der Waals surface area contributed by atoms with Crippen molar-refractivity contribution in [1.29, 1.82) is 0 Å². The lowest BCUT2D eigenvalue weighted by Gasteiger charge is -2.40. The maximum absolute atomic E-state index is 11.3. The monoisotopic (exact) mass is 204 g/mol. The van der Waals surface area contributed by atoms with Gasteiger partial charge in [-0.3, -0.25) is 10.0 Å². The summed E-state index contributed by atoms with van der Waals surface area (Å²) < 4.78 is -0.167. The van der Waals surface area contributed by atoms with E-state index in [2.05, 4.69) is 5.32 Å². The van der Waals surface area contributed by atoms with Crippen LogP contribution in [0.5, 0.6) is 0 Å². The quantitative estimate of drug-likeness (QED) is 0.426.